The Kier molecular flexibility index (Phi) is 8.14. The second-order valence-electron chi connectivity index (χ2n) is 8.05. The Morgan fingerprint density at radius 3 is 2.33 bits per heavy atom. The van der Waals surface area contributed by atoms with Crippen LogP contribution >= 0.6 is 34.8 Å². The van der Waals surface area contributed by atoms with Gasteiger partial charge in [0.15, 0.2) is 0 Å². The lowest BCUT2D eigenvalue weighted by Gasteiger charge is -2.32. The maximum absolute atomic E-state index is 14.2. The van der Waals surface area contributed by atoms with Crippen LogP contribution in [0.2, 0.25) is 15.1 Å². The van der Waals surface area contributed by atoms with Gasteiger partial charge in [0.1, 0.15) is 11.9 Å². The van der Waals surface area contributed by atoms with Crippen LogP contribution in [0, 0.1) is 5.82 Å². The third-order valence-electron chi connectivity index (χ3n) is 4.41. The van der Waals surface area contributed by atoms with Crippen molar-refractivity contribution in [3.05, 3.63) is 68.4 Å². The predicted octanol–water partition coefficient (Wildman–Crippen LogP) is 5.66. The summed E-state index contributed by atoms with van der Waals surface area (Å²) in [4.78, 5) is 27.3. The minimum Gasteiger partial charge on any atom is -0.350 e. The van der Waals surface area contributed by atoms with Crippen LogP contribution in [0.1, 0.15) is 38.8 Å². The molecule has 4 nitrogen and oxygen atoms in total. The SMILES string of the molecule is C[C@H](C(=O)NC(C)(C)C)N(Cc1ccc(Cl)cc1Cl)C(=O)Cc1c(F)cccc1Cl. The zero-order chi connectivity index (χ0) is 22.6. The molecule has 0 heterocycles. The second-order valence-corrected chi connectivity index (χ2v) is 9.30. The number of nitrogens with one attached hydrogen (secondary N) is 1. The molecule has 30 heavy (non-hydrogen) atoms. The first-order valence-electron chi connectivity index (χ1n) is 9.37. The molecule has 2 rings (SSSR count). The number of benzene rings is 2. The van der Waals surface area contributed by atoms with Crippen LogP contribution in [0.5, 0.6) is 0 Å². The van der Waals surface area contributed by atoms with E-state index in [0.717, 1.165) is 0 Å². The lowest BCUT2D eigenvalue weighted by Crippen LogP contribution is -2.52. The number of amides is 2. The van der Waals surface area contributed by atoms with Gasteiger partial charge in [-0.05, 0) is 57.5 Å². The topological polar surface area (TPSA) is 49.4 Å². The molecule has 0 bridgehead atoms. The van der Waals surface area contributed by atoms with Gasteiger partial charge in [0.25, 0.3) is 0 Å². The summed E-state index contributed by atoms with van der Waals surface area (Å²) in [5.41, 5.74) is 0.219. The molecule has 2 aromatic carbocycles. The molecule has 0 aliphatic heterocycles. The van der Waals surface area contributed by atoms with Gasteiger partial charge >= 0.3 is 0 Å². The van der Waals surface area contributed by atoms with Crippen LogP contribution in [0.15, 0.2) is 36.4 Å². The van der Waals surface area contributed by atoms with Crippen molar-refractivity contribution >= 4 is 46.6 Å². The molecule has 2 amide bonds. The number of nitrogens with zero attached hydrogens (tertiary/aromatic N) is 1. The average molecular weight is 474 g/mol. The van der Waals surface area contributed by atoms with Gasteiger partial charge in [0, 0.05) is 32.7 Å². The predicted molar refractivity (Wildman–Crippen MR) is 119 cm³/mol. The highest BCUT2D eigenvalue weighted by Crippen LogP contribution is 2.25. The van der Waals surface area contributed by atoms with E-state index in [-0.39, 0.29) is 29.5 Å². The molecule has 1 atom stereocenters. The Labute approximate surface area is 191 Å². The van der Waals surface area contributed by atoms with Crippen LogP contribution in [-0.2, 0) is 22.6 Å². The minimum atomic E-state index is -0.825. The molecule has 162 valence electrons. The lowest BCUT2D eigenvalue weighted by molar-refractivity contribution is -0.140. The Hall–Kier alpha value is -1.82. The molecule has 0 radical (unpaired) electrons. The molecule has 8 heteroatoms. The standard InChI is InChI=1S/C22H24Cl3FN2O2/c1-13(21(30)27-22(2,3)4)28(12-14-8-9-15(23)10-18(14)25)20(29)11-16-17(24)6-5-7-19(16)26/h5-10,13H,11-12H2,1-4H3,(H,27,30)/t13-/m1/s1. The van der Waals surface area contributed by atoms with Crippen molar-refractivity contribution in [2.24, 2.45) is 0 Å². The molecule has 0 saturated heterocycles. The van der Waals surface area contributed by atoms with Crippen LogP contribution < -0.4 is 5.32 Å². The third kappa shape index (κ3) is 6.59. The van der Waals surface area contributed by atoms with Crippen molar-refractivity contribution < 1.29 is 14.0 Å². The van der Waals surface area contributed by atoms with Gasteiger partial charge < -0.3 is 10.2 Å². The summed E-state index contributed by atoms with van der Waals surface area (Å²) in [6.07, 6.45) is -0.288. The van der Waals surface area contributed by atoms with E-state index in [2.05, 4.69) is 5.32 Å². The van der Waals surface area contributed by atoms with Crippen LogP contribution in [0.25, 0.3) is 0 Å². The summed E-state index contributed by atoms with van der Waals surface area (Å²) in [5, 5.41) is 3.84. The summed E-state index contributed by atoms with van der Waals surface area (Å²) >= 11 is 18.3. The zero-order valence-corrected chi connectivity index (χ0v) is 19.5. The number of rotatable bonds is 6. The van der Waals surface area contributed by atoms with E-state index in [4.69, 9.17) is 34.8 Å². The summed E-state index contributed by atoms with van der Waals surface area (Å²) in [5.74, 6) is -1.36. The van der Waals surface area contributed by atoms with E-state index in [9.17, 15) is 14.0 Å². The van der Waals surface area contributed by atoms with Crippen molar-refractivity contribution in [2.45, 2.75) is 52.2 Å². The largest absolute Gasteiger partial charge is 0.350 e. The van der Waals surface area contributed by atoms with E-state index in [1.54, 1.807) is 25.1 Å². The fraction of sp³-hybridized carbons (Fsp3) is 0.364. The van der Waals surface area contributed by atoms with E-state index < -0.39 is 23.3 Å². The van der Waals surface area contributed by atoms with Crippen molar-refractivity contribution in [3.63, 3.8) is 0 Å². The third-order valence-corrected chi connectivity index (χ3v) is 5.35. The lowest BCUT2D eigenvalue weighted by atomic mass is 10.1. The molecular formula is C22H24Cl3FN2O2. The molecule has 1 N–H and O–H groups in total. The maximum Gasteiger partial charge on any atom is 0.242 e. The van der Waals surface area contributed by atoms with Gasteiger partial charge in [0.05, 0.1) is 6.42 Å². The van der Waals surface area contributed by atoms with Gasteiger partial charge in [0.2, 0.25) is 11.8 Å². The molecule has 2 aromatic rings. The van der Waals surface area contributed by atoms with Crippen molar-refractivity contribution in [1.82, 2.24) is 10.2 Å². The number of carbonyl (C=O) groups excluding carboxylic acids is 2. The molecule has 0 spiro atoms. The van der Waals surface area contributed by atoms with Gasteiger partial charge in [-0.25, -0.2) is 4.39 Å². The van der Waals surface area contributed by atoms with Gasteiger partial charge in [-0.2, -0.15) is 0 Å². The first-order chi connectivity index (χ1) is 13.9. The minimum absolute atomic E-state index is 0.0552. The smallest absolute Gasteiger partial charge is 0.242 e. The van der Waals surface area contributed by atoms with E-state index in [1.165, 1.54) is 23.1 Å². The van der Waals surface area contributed by atoms with Gasteiger partial charge in [-0.3, -0.25) is 9.59 Å². The monoisotopic (exact) mass is 472 g/mol. The molecule has 0 unspecified atom stereocenters. The Balaban J connectivity index is 2.36. The first kappa shape index (κ1) is 24.4. The van der Waals surface area contributed by atoms with Crippen molar-refractivity contribution in [2.75, 3.05) is 0 Å². The summed E-state index contributed by atoms with van der Waals surface area (Å²) in [6.45, 7) is 7.21. The summed E-state index contributed by atoms with van der Waals surface area (Å²) in [6, 6.07) is 8.31. The quantitative estimate of drug-likeness (QED) is 0.588. The molecular weight excluding hydrogens is 450 g/mol. The van der Waals surface area contributed by atoms with Crippen molar-refractivity contribution in [3.8, 4) is 0 Å². The van der Waals surface area contributed by atoms with E-state index in [0.29, 0.717) is 15.6 Å². The molecule has 0 saturated carbocycles. The van der Waals surface area contributed by atoms with E-state index in [1.807, 2.05) is 20.8 Å². The second kappa shape index (κ2) is 9.99. The number of hydrogen-bond donors (Lipinski definition) is 1. The highest BCUT2D eigenvalue weighted by molar-refractivity contribution is 6.35. The fourth-order valence-electron chi connectivity index (χ4n) is 2.84. The normalized spacial score (nSPS) is 12.4. The fourth-order valence-corrected chi connectivity index (χ4v) is 3.54. The molecule has 0 aliphatic rings. The average Bonchev–Trinajstić information content (AvgIpc) is 2.62. The first-order valence-corrected chi connectivity index (χ1v) is 10.5. The highest BCUT2D eigenvalue weighted by atomic mass is 35.5. The maximum atomic E-state index is 14.2. The van der Waals surface area contributed by atoms with Crippen LogP contribution in [-0.4, -0.2) is 28.3 Å². The zero-order valence-electron chi connectivity index (χ0n) is 17.2. The summed E-state index contributed by atoms with van der Waals surface area (Å²) in [7, 11) is 0. The van der Waals surface area contributed by atoms with Gasteiger partial charge in [-0.15, -0.1) is 0 Å². The summed E-state index contributed by atoms with van der Waals surface area (Å²) < 4.78 is 14.2. The van der Waals surface area contributed by atoms with Gasteiger partial charge in [-0.1, -0.05) is 46.9 Å². The highest BCUT2D eigenvalue weighted by Gasteiger charge is 2.29. The molecule has 0 aromatic heterocycles. The van der Waals surface area contributed by atoms with Crippen LogP contribution in [0.3, 0.4) is 0 Å². The number of halogens is 4. The Morgan fingerprint density at radius 1 is 1.10 bits per heavy atom. The van der Waals surface area contributed by atoms with E-state index >= 15 is 0 Å². The molecule has 0 fully saturated rings. The van der Waals surface area contributed by atoms with Crippen LogP contribution in [0.4, 0.5) is 4.39 Å². The number of hydrogen-bond acceptors (Lipinski definition) is 2. The number of carbonyl (C=O) groups is 2. The Bertz CT molecular complexity index is 924. The Morgan fingerprint density at radius 2 is 1.77 bits per heavy atom. The molecule has 0 aliphatic carbocycles. The van der Waals surface area contributed by atoms with Crippen molar-refractivity contribution in [1.29, 1.82) is 0 Å².